The van der Waals surface area contributed by atoms with Crippen molar-refractivity contribution in [1.29, 1.82) is 0 Å². The molecule has 0 aliphatic carbocycles. The second-order valence-corrected chi connectivity index (χ2v) is 4.87. The van der Waals surface area contributed by atoms with E-state index in [-0.39, 0.29) is 12.3 Å². The molecule has 2 rings (SSSR count). The molecule has 0 spiro atoms. The van der Waals surface area contributed by atoms with Gasteiger partial charge in [0.2, 0.25) is 0 Å². The van der Waals surface area contributed by atoms with Crippen LogP contribution in [0.1, 0.15) is 11.3 Å². The lowest BCUT2D eigenvalue weighted by Gasteiger charge is -2.08. The van der Waals surface area contributed by atoms with Crippen LogP contribution in [0, 0.1) is 10.1 Å². The van der Waals surface area contributed by atoms with Crippen LogP contribution in [0.15, 0.2) is 36.5 Å². The van der Waals surface area contributed by atoms with Crippen LogP contribution in [0.4, 0.5) is 5.69 Å². The number of hydrogen-bond donors (Lipinski definition) is 0. The second-order valence-electron chi connectivity index (χ2n) is 3.90. The van der Waals surface area contributed by atoms with Crippen LogP contribution in [-0.2, 0) is 11.9 Å². The summed E-state index contributed by atoms with van der Waals surface area (Å²) >= 11 is 9.28. The minimum atomic E-state index is -0.475. The van der Waals surface area contributed by atoms with E-state index in [4.69, 9.17) is 16.3 Å². The van der Waals surface area contributed by atoms with E-state index in [2.05, 4.69) is 20.9 Å². The summed E-state index contributed by atoms with van der Waals surface area (Å²) in [4.78, 5) is 14.6. The summed E-state index contributed by atoms with van der Waals surface area (Å²) in [5.74, 6) is 0.531. The SMILES string of the molecule is O=[N+]([O-])c1cccc(Cl)c1COc1ccc(CBr)nc1. The zero-order valence-electron chi connectivity index (χ0n) is 10.3. The number of aromatic nitrogens is 1. The Labute approximate surface area is 128 Å². The first kappa shape index (κ1) is 14.7. The number of nitro benzene ring substituents is 1. The van der Waals surface area contributed by atoms with E-state index in [0.29, 0.717) is 21.7 Å². The average Bonchev–Trinajstić information content (AvgIpc) is 2.46. The smallest absolute Gasteiger partial charge is 0.277 e. The summed E-state index contributed by atoms with van der Waals surface area (Å²) in [6, 6.07) is 8.10. The molecule has 1 heterocycles. The van der Waals surface area contributed by atoms with E-state index in [0.717, 1.165) is 5.69 Å². The number of rotatable bonds is 5. The number of pyridine rings is 1. The molecule has 0 atom stereocenters. The Bertz CT molecular complexity index is 620. The summed E-state index contributed by atoms with van der Waals surface area (Å²) in [6.07, 6.45) is 1.57. The largest absolute Gasteiger partial charge is 0.487 e. The molecule has 0 bridgehead atoms. The molecule has 0 unspecified atom stereocenters. The number of hydrogen-bond acceptors (Lipinski definition) is 4. The van der Waals surface area contributed by atoms with Crippen molar-refractivity contribution in [3.05, 3.63) is 62.9 Å². The summed E-state index contributed by atoms with van der Waals surface area (Å²) in [7, 11) is 0. The van der Waals surface area contributed by atoms with Crippen molar-refractivity contribution >= 4 is 33.2 Å². The minimum Gasteiger partial charge on any atom is -0.487 e. The van der Waals surface area contributed by atoms with Crippen LogP contribution in [-0.4, -0.2) is 9.91 Å². The molecule has 1 aromatic heterocycles. The zero-order valence-corrected chi connectivity index (χ0v) is 12.6. The van der Waals surface area contributed by atoms with Gasteiger partial charge < -0.3 is 4.74 Å². The lowest BCUT2D eigenvalue weighted by Crippen LogP contribution is -2.02. The molecule has 2 aromatic rings. The number of halogens is 2. The van der Waals surface area contributed by atoms with Crippen LogP contribution in [0.5, 0.6) is 5.75 Å². The summed E-state index contributed by atoms with van der Waals surface area (Å²) in [5.41, 5.74) is 1.17. The van der Waals surface area contributed by atoms with Crippen molar-refractivity contribution in [3.63, 3.8) is 0 Å². The van der Waals surface area contributed by atoms with Gasteiger partial charge in [0.25, 0.3) is 5.69 Å². The Hall–Kier alpha value is -1.66. The third kappa shape index (κ3) is 3.46. The molecule has 0 N–H and O–H groups in total. The van der Waals surface area contributed by atoms with Gasteiger partial charge in [0.05, 0.1) is 27.4 Å². The molecule has 5 nitrogen and oxygen atoms in total. The predicted molar refractivity (Wildman–Crippen MR) is 79.3 cm³/mol. The highest BCUT2D eigenvalue weighted by molar-refractivity contribution is 9.08. The molecule has 0 saturated heterocycles. The predicted octanol–water partition coefficient (Wildman–Crippen LogP) is 4.12. The third-order valence-corrected chi connectivity index (χ3v) is 3.54. The lowest BCUT2D eigenvalue weighted by molar-refractivity contribution is -0.385. The Balaban J connectivity index is 2.16. The van der Waals surface area contributed by atoms with Gasteiger partial charge in [0.15, 0.2) is 0 Å². The molecule has 0 radical (unpaired) electrons. The van der Waals surface area contributed by atoms with E-state index in [9.17, 15) is 10.1 Å². The van der Waals surface area contributed by atoms with E-state index >= 15 is 0 Å². The molecular weight excluding hydrogens is 348 g/mol. The topological polar surface area (TPSA) is 65.3 Å². The quantitative estimate of drug-likeness (QED) is 0.459. The van der Waals surface area contributed by atoms with Gasteiger partial charge in [0.1, 0.15) is 12.4 Å². The van der Waals surface area contributed by atoms with Crippen molar-refractivity contribution in [2.45, 2.75) is 11.9 Å². The average molecular weight is 358 g/mol. The Morgan fingerprint density at radius 3 is 2.75 bits per heavy atom. The van der Waals surface area contributed by atoms with Gasteiger partial charge in [-0.3, -0.25) is 15.1 Å². The normalized spacial score (nSPS) is 10.3. The first-order chi connectivity index (χ1) is 9.61. The van der Waals surface area contributed by atoms with Gasteiger partial charge in [-0.25, -0.2) is 0 Å². The van der Waals surface area contributed by atoms with E-state index in [1.54, 1.807) is 18.3 Å². The van der Waals surface area contributed by atoms with Crippen molar-refractivity contribution in [2.24, 2.45) is 0 Å². The molecule has 0 saturated carbocycles. The van der Waals surface area contributed by atoms with Crippen molar-refractivity contribution in [3.8, 4) is 5.75 Å². The van der Waals surface area contributed by atoms with E-state index in [1.165, 1.54) is 12.1 Å². The highest BCUT2D eigenvalue weighted by atomic mass is 79.9. The Morgan fingerprint density at radius 1 is 1.35 bits per heavy atom. The maximum Gasteiger partial charge on any atom is 0.277 e. The maximum atomic E-state index is 10.9. The molecular formula is C13H10BrClN2O3. The highest BCUT2D eigenvalue weighted by Gasteiger charge is 2.17. The number of alkyl halides is 1. The first-order valence-electron chi connectivity index (χ1n) is 5.67. The molecule has 0 aliphatic heterocycles. The second kappa shape index (κ2) is 6.67. The molecule has 0 fully saturated rings. The fourth-order valence-corrected chi connectivity index (χ4v) is 2.15. The van der Waals surface area contributed by atoms with Gasteiger partial charge in [-0.2, -0.15) is 0 Å². The minimum absolute atomic E-state index is 0.0192. The highest BCUT2D eigenvalue weighted by Crippen LogP contribution is 2.27. The van der Waals surface area contributed by atoms with Crippen LogP contribution >= 0.6 is 27.5 Å². The van der Waals surface area contributed by atoms with Gasteiger partial charge in [0, 0.05) is 11.4 Å². The molecule has 104 valence electrons. The Kier molecular flexibility index (Phi) is 4.92. The maximum absolute atomic E-state index is 10.9. The summed E-state index contributed by atoms with van der Waals surface area (Å²) in [5, 5.41) is 11.9. The van der Waals surface area contributed by atoms with Crippen LogP contribution in [0.2, 0.25) is 5.02 Å². The third-order valence-electron chi connectivity index (χ3n) is 2.61. The van der Waals surface area contributed by atoms with Crippen molar-refractivity contribution < 1.29 is 9.66 Å². The van der Waals surface area contributed by atoms with Crippen molar-refractivity contribution in [2.75, 3.05) is 0 Å². The standard InChI is InChI=1S/C13H10BrClN2O3/c14-6-9-4-5-10(7-16-9)20-8-11-12(15)2-1-3-13(11)17(18)19/h1-5,7H,6,8H2. The number of benzene rings is 1. The molecule has 7 heteroatoms. The Morgan fingerprint density at radius 2 is 2.15 bits per heavy atom. The van der Waals surface area contributed by atoms with Gasteiger partial charge in [-0.15, -0.1) is 0 Å². The molecule has 20 heavy (non-hydrogen) atoms. The fourth-order valence-electron chi connectivity index (χ4n) is 1.59. The van der Waals surface area contributed by atoms with E-state index in [1.807, 2.05) is 6.07 Å². The molecule has 0 aliphatic rings. The number of nitro groups is 1. The van der Waals surface area contributed by atoms with Crippen LogP contribution < -0.4 is 4.74 Å². The fraction of sp³-hybridized carbons (Fsp3) is 0.154. The van der Waals surface area contributed by atoms with Crippen LogP contribution in [0.25, 0.3) is 0 Å². The summed E-state index contributed by atoms with van der Waals surface area (Å²) in [6.45, 7) is 0.0192. The summed E-state index contributed by atoms with van der Waals surface area (Å²) < 4.78 is 5.50. The van der Waals surface area contributed by atoms with Gasteiger partial charge in [-0.1, -0.05) is 33.6 Å². The number of nitrogens with zero attached hydrogens (tertiary/aromatic N) is 2. The zero-order chi connectivity index (χ0) is 14.5. The van der Waals surface area contributed by atoms with Gasteiger partial charge in [-0.05, 0) is 18.2 Å². The first-order valence-corrected chi connectivity index (χ1v) is 7.17. The number of ether oxygens (including phenoxy) is 1. The molecule has 1 aromatic carbocycles. The van der Waals surface area contributed by atoms with Crippen molar-refractivity contribution in [1.82, 2.24) is 4.98 Å². The lowest BCUT2D eigenvalue weighted by atomic mass is 10.2. The monoisotopic (exact) mass is 356 g/mol. The van der Waals surface area contributed by atoms with Gasteiger partial charge >= 0.3 is 0 Å². The van der Waals surface area contributed by atoms with Crippen LogP contribution in [0.3, 0.4) is 0 Å². The van der Waals surface area contributed by atoms with E-state index < -0.39 is 4.92 Å². The molecule has 0 amide bonds.